The average molecular weight is 232 g/mol. The largest absolute Gasteiger partial charge is 0.496 e. The number of aliphatic hydroxyl groups excluding tert-OH is 1. The molecule has 1 atom stereocenters. The third kappa shape index (κ3) is 2.17. The summed E-state index contributed by atoms with van der Waals surface area (Å²) in [7, 11) is 3.45. The summed E-state index contributed by atoms with van der Waals surface area (Å²) in [5.41, 5.74) is 1.82. The Morgan fingerprint density at radius 2 is 2.18 bits per heavy atom. The van der Waals surface area contributed by atoms with Gasteiger partial charge in [-0.15, -0.1) is 0 Å². The first-order valence-electron chi connectivity index (χ1n) is 5.43. The molecular weight excluding hydrogens is 216 g/mol. The highest BCUT2D eigenvalue weighted by Crippen LogP contribution is 2.29. The van der Waals surface area contributed by atoms with Gasteiger partial charge in [0.1, 0.15) is 17.7 Å². The molecule has 90 valence electrons. The van der Waals surface area contributed by atoms with E-state index in [9.17, 15) is 5.11 Å². The predicted octanol–water partition coefficient (Wildman–Crippen LogP) is 1.82. The molecular formula is C13H16N2O2. The molecule has 0 aliphatic carbocycles. The molecule has 0 saturated heterocycles. The number of nitrogens with zero attached hydrogens (tertiary/aromatic N) is 2. The number of hydrogen-bond donors (Lipinski definition) is 1. The van der Waals surface area contributed by atoms with Crippen LogP contribution in [0.5, 0.6) is 5.75 Å². The Kier molecular flexibility index (Phi) is 3.15. The van der Waals surface area contributed by atoms with E-state index in [-0.39, 0.29) is 0 Å². The molecule has 0 amide bonds. The van der Waals surface area contributed by atoms with Crippen molar-refractivity contribution in [1.29, 1.82) is 0 Å². The highest BCUT2D eigenvalue weighted by atomic mass is 16.5. The summed E-state index contributed by atoms with van der Waals surface area (Å²) in [5.74, 6) is 1.28. The molecule has 1 heterocycles. The number of imidazole rings is 1. The first kappa shape index (κ1) is 11.7. The van der Waals surface area contributed by atoms with E-state index < -0.39 is 6.10 Å². The van der Waals surface area contributed by atoms with Crippen molar-refractivity contribution >= 4 is 0 Å². The Morgan fingerprint density at radius 1 is 1.41 bits per heavy atom. The standard InChI is InChI=1S/C13H16N2O2/c1-9-4-5-10(11(8-9)17-3)12(16)13-14-6-7-15(13)2/h4-8,12,16H,1-3H3. The number of rotatable bonds is 3. The molecule has 0 saturated carbocycles. The van der Waals surface area contributed by atoms with Crippen LogP contribution >= 0.6 is 0 Å². The fraction of sp³-hybridized carbons (Fsp3) is 0.308. The van der Waals surface area contributed by atoms with Gasteiger partial charge in [-0.05, 0) is 18.6 Å². The Labute approximate surface area is 100 Å². The van der Waals surface area contributed by atoms with Gasteiger partial charge in [0, 0.05) is 25.0 Å². The Bertz CT molecular complexity index is 520. The number of aryl methyl sites for hydroxylation is 2. The fourth-order valence-electron chi connectivity index (χ4n) is 1.82. The monoisotopic (exact) mass is 232 g/mol. The van der Waals surface area contributed by atoms with Gasteiger partial charge in [-0.2, -0.15) is 0 Å². The van der Waals surface area contributed by atoms with Gasteiger partial charge in [0.15, 0.2) is 0 Å². The molecule has 4 nitrogen and oxygen atoms in total. The maximum Gasteiger partial charge on any atom is 0.142 e. The van der Waals surface area contributed by atoms with Crippen LogP contribution < -0.4 is 4.74 Å². The first-order chi connectivity index (χ1) is 8.13. The Morgan fingerprint density at radius 3 is 2.76 bits per heavy atom. The van der Waals surface area contributed by atoms with Gasteiger partial charge in [-0.3, -0.25) is 0 Å². The van der Waals surface area contributed by atoms with Crippen molar-refractivity contribution in [2.45, 2.75) is 13.0 Å². The number of benzene rings is 1. The van der Waals surface area contributed by atoms with Crippen molar-refractivity contribution < 1.29 is 9.84 Å². The molecule has 0 aliphatic heterocycles. The first-order valence-corrected chi connectivity index (χ1v) is 5.43. The van der Waals surface area contributed by atoms with Crippen LogP contribution in [0.1, 0.15) is 23.1 Å². The normalized spacial score (nSPS) is 12.5. The van der Waals surface area contributed by atoms with E-state index in [4.69, 9.17) is 4.74 Å². The molecule has 1 aromatic heterocycles. The van der Waals surface area contributed by atoms with Gasteiger partial charge >= 0.3 is 0 Å². The van der Waals surface area contributed by atoms with Crippen LogP contribution in [0.15, 0.2) is 30.6 Å². The van der Waals surface area contributed by atoms with E-state index in [0.29, 0.717) is 11.6 Å². The Balaban J connectivity index is 2.44. The summed E-state index contributed by atoms with van der Waals surface area (Å²) in [5, 5.41) is 10.3. The van der Waals surface area contributed by atoms with E-state index in [0.717, 1.165) is 11.1 Å². The molecule has 0 aliphatic rings. The molecule has 0 radical (unpaired) electrons. The van der Waals surface area contributed by atoms with Gasteiger partial charge in [0.05, 0.1) is 7.11 Å². The minimum atomic E-state index is -0.773. The highest BCUT2D eigenvalue weighted by molar-refractivity contribution is 5.40. The molecule has 2 aromatic rings. The topological polar surface area (TPSA) is 47.3 Å². The van der Waals surface area contributed by atoms with Crippen LogP contribution in [0, 0.1) is 6.92 Å². The highest BCUT2D eigenvalue weighted by Gasteiger charge is 2.18. The number of hydrogen-bond acceptors (Lipinski definition) is 3. The zero-order valence-electron chi connectivity index (χ0n) is 10.2. The van der Waals surface area contributed by atoms with Crippen LogP contribution in [0.2, 0.25) is 0 Å². The molecule has 1 unspecified atom stereocenters. The summed E-state index contributed by atoms with van der Waals surface area (Å²) >= 11 is 0. The molecule has 4 heteroatoms. The molecule has 0 bridgehead atoms. The summed E-state index contributed by atoms with van der Waals surface area (Å²) in [6.45, 7) is 1.99. The van der Waals surface area contributed by atoms with Crippen LogP contribution in [0.4, 0.5) is 0 Å². The molecule has 2 rings (SSSR count). The van der Waals surface area contributed by atoms with Gasteiger partial charge in [0.25, 0.3) is 0 Å². The number of ether oxygens (including phenoxy) is 1. The second kappa shape index (κ2) is 4.59. The van der Waals surface area contributed by atoms with Gasteiger partial charge in [-0.25, -0.2) is 4.98 Å². The molecule has 0 fully saturated rings. The van der Waals surface area contributed by atoms with Crippen molar-refractivity contribution in [3.63, 3.8) is 0 Å². The summed E-state index contributed by atoms with van der Waals surface area (Å²) in [4.78, 5) is 4.15. The lowest BCUT2D eigenvalue weighted by molar-refractivity contribution is 0.201. The zero-order valence-corrected chi connectivity index (χ0v) is 10.2. The van der Waals surface area contributed by atoms with Gasteiger partial charge < -0.3 is 14.4 Å². The van der Waals surface area contributed by atoms with Gasteiger partial charge in [-0.1, -0.05) is 12.1 Å². The second-order valence-corrected chi connectivity index (χ2v) is 4.04. The van der Waals surface area contributed by atoms with Crippen LogP contribution in [0.3, 0.4) is 0 Å². The van der Waals surface area contributed by atoms with E-state index in [1.54, 1.807) is 24.1 Å². The van der Waals surface area contributed by atoms with Gasteiger partial charge in [0.2, 0.25) is 0 Å². The van der Waals surface area contributed by atoms with Crippen molar-refractivity contribution in [3.05, 3.63) is 47.5 Å². The van der Waals surface area contributed by atoms with Crippen LogP contribution in [0.25, 0.3) is 0 Å². The van der Waals surface area contributed by atoms with Crippen LogP contribution in [-0.2, 0) is 7.05 Å². The Hall–Kier alpha value is -1.81. The minimum absolute atomic E-state index is 0.604. The lowest BCUT2D eigenvalue weighted by Gasteiger charge is -2.15. The lowest BCUT2D eigenvalue weighted by atomic mass is 10.1. The zero-order chi connectivity index (χ0) is 12.4. The van der Waals surface area contributed by atoms with Crippen molar-refractivity contribution in [2.24, 2.45) is 7.05 Å². The molecule has 1 N–H and O–H groups in total. The predicted molar refractivity (Wildman–Crippen MR) is 65.0 cm³/mol. The summed E-state index contributed by atoms with van der Waals surface area (Å²) in [6, 6.07) is 5.72. The maximum absolute atomic E-state index is 10.3. The van der Waals surface area contributed by atoms with E-state index in [1.165, 1.54) is 0 Å². The fourth-order valence-corrected chi connectivity index (χ4v) is 1.82. The van der Waals surface area contributed by atoms with Crippen molar-refractivity contribution in [3.8, 4) is 5.75 Å². The second-order valence-electron chi connectivity index (χ2n) is 4.04. The SMILES string of the molecule is COc1cc(C)ccc1C(O)c1nccn1C. The third-order valence-corrected chi connectivity index (χ3v) is 2.79. The molecule has 17 heavy (non-hydrogen) atoms. The lowest BCUT2D eigenvalue weighted by Crippen LogP contribution is -2.08. The summed E-state index contributed by atoms with van der Waals surface area (Å²) in [6.07, 6.45) is 2.70. The van der Waals surface area contributed by atoms with Crippen LogP contribution in [-0.4, -0.2) is 21.8 Å². The summed E-state index contributed by atoms with van der Waals surface area (Å²) < 4.78 is 7.08. The van der Waals surface area contributed by atoms with E-state index in [1.807, 2.05) is 32.2 Å². The van der Waals surface area contributed by atoms with E-state index in [2.05, 4.69) is 4.98 Å². The quantitative estimate of drug-likeness (QED) is 0.878. The number of aromatic nitrogens is 2. The number of methoxy groups -OCH3 is 1. The average Bonchev–Trinajstić information content (AvgIpc) is 2.74. The smallest absolute Gasteiger partial charge is 0.142 e. The van der Waals surface area contributed by atoms with E-state index >= 15 is 0 Å². The number of aliphatic hydroxyl groups is 1. The minimum Gasteiger partial charge on any atom is -0.496 e. The molecule has 1 aromatic carbocycles. The third-order valence-electron chi connectivity index (χ3n) is 2.79. The van der Waals surface area contributed by atoms with Crippen molar-refractivity contribution in [1.82, 2.24) is 9.55 Å². The maximum atomic E-state index is 10.3. The van der Waals surface area contributed by atoms with Crippen molar-refractivity contribution in [2.75, 3.05) is 7.11 Å². The molecule has 0 spiro atoms.